The molecule has 4 aromatic rings. The number of carbonyl (C=O) groups excluding carboxylic acids is 1. The summed E-state index contributed by atoms with van der Waals surface area (Å²) in [7, 11) is 0. The molecule has 4 heteroatoms. The number of para-hydroxylation sites is 1. The lowest BCUT2D eigenvalue weighted by molar-refractivity contribution is 0.0985. The van der Waals surface area contributed by atoms with Gasteiger partial charge in [0.05, 0.1) is 12.1 Å². The second-order valence-corrected chi connectivity index (χ2v) is 10.1. The maximum absolute atomic E-state index is 13.8. The third-order valence-electron chi connectivity index (χ3n) is 6.60. The minimum Gasteiger partial charge on any atom is -0.321 e. The van der Waals surface area contributed by atoms with Gasteiger partial charge in [-0.1, -0.05) is 63.2 Å². The molecule has 1 amide bonds. The van der Waals surface area contributed by atoms with Crippen molar-refractivity contribution in [3.8, 4) is 0 Å². The SMILES string of the molecule is Cc1cccc(N(Cc2cc3cccc(C)c3[nH]c2=O)C(=O)c2ccc(C(C)(C)C)cc2)c1C. The van der Waals surface area contributed by atoms with Crippen LogP contribution < -0.4 is 10.5 Å². The fraction of sp³-hybridized carbons (Fsp3) is 0.267. The van der Waals surface area contributed by atoms with Crippen LogP contribution in [0.25, 0.3) is 10.9 Å². The van der Waals surface area contributed by atoms with E-state index in [2.05, 4.69) is 25.8 Å². The second kappa shape index (κ2) is 8.94. The largest absolute Gasteiger partial charge is 0.321 e. The van der Waals surface area contributed by atoms with Gasteiger partial charge in [-0.3, -0.25) is 9.59 Å². The van der Waals surface area contributed by atoms with Gasteiger partial charge in [0.15, 0.2) is 0 Å². The zero-order chi connectivity index (χ0) is 24.6. The van der Waals surface area contributed by atoms with Crippen LogP contribution >= 0.6 is 0 Å². The molecular weight excluding hydrogens is 420 g/mol. The minimum atomic E-state index is -0.173. The van der Waals surface area contributed by atoms with Crippen molar-refractivity contribution < 1.29 is 4.79 Å². The zero-order valence-electron chi connectivity index (χ0n) is 20.8. The van der Waals surface area contributed by atoms with Crippen molar-refractivity contribution in [1.82, 2.24) is 4.98 Å². The van der Waals surface area contributed by atoms with Crippen molar-refractivity contribution >= 4 is 22.5 Å². The van der Waals surface area contributed by atoms with E-state index in [1.54, 1.807) is 4.90 Å². The van der Waals surface area contributed by atoms with E-state index in [0.29, 0.717) is 11.1 Å². The molecule has 3 aromatic carbocycles. The fourth-order valence-electron chi connectivity index (χ4n) is 4.28. The topological polar surface area (TPSA) is 53.2 Å². The number of H-pyrrole nitrogens is 1. The first-order valence-electron chi connectivity index (χ1n) is 11.7. The van der Waals surface area contributed by atoms with Crippen LogP contribution in [0.4, 0.5) is 5.69 Å². The molecule has 0 aliphatic rings. The molecule has 0 aliphatic carbocycles. The number of nitrogens with one attached hydrogen (secondary N) is 1. The van der Waals surface area contributed by atoms with E-state index in [9.17, 15) is 9.59 Å². The Morgan fingerprint density at radius 2 is 1.53 bits per heavy atom. The molecule has 0 atom stereocenters. The van der Waals surface area contributed by atoms with Gasteiger partial charge >= 0.3 is 0 Å². The lowest BCUT2D eigenvalue weighted by Gasteiger charge is -2.26. The number of hydrogen-bond acceptors (Lipinski definition) is 2. The van der Waals surface area contributed by atoms with E-state index in [4.69, 9.17) is 0 Å². The van der Waals surface area contributed by atoms with Gasteiger partial charge in [-0.05, 0) is 78.1 Å². The van der Waals surface area contributed by atoms with Crippen molar-refractivity contribution in [3.63, 3.8) is 0 Å². The van der Waals surface area contributed by atoms with Crippen molar-refractivity contribution in [2.45, 2.75) is 53.5 Å². The van der Waals surface area contributed by atoms with Gasteiger partial charge in [-0.15, -0.1) is 0 Å². The Morgan fingerprint density at radius 3 is 2.21 bits per heavy atom. The van der Waals surface area contributed by atoms with Crippen LogP contribution in [0.3, 0.4) is 0 Å². The number of benzene rings is 3. The van der Waals surface area contributed by atoms with Gasteiger partial charge < -0.3 is 9.88 Å². The molecule has 0 spiro atoms. The molecule has 0 radical (unpaired) electrons. The highest BCUT2D eigenvalue weighted by molar-refractivity contribution is 6.06. The molecule has 0 saturated carbocycles. The average molecular weight is 453 g/mol. The highest BCUT2D eigenvalue weighted by Crippen LogP contribution is 2.28. The highest BCUT2D eigenvalue weighted by atomic mass is 16.2. The molecule has 0 saturated heterocycles. The number of carbonyl (C=O) groups is 1. The monoisotopic (exact) mass is 452 g/mol. The normalized spacial score (nSPS) is 11.6. The maximum Gasteiger partial charge on any atom is 0.258 e. The predicted molar refractivity (Wildman–Crippen MR) is 141 cm³/mol. The first-order valence-corrected chi connectivity index (χ1v) is 11.7. The minimum absolute atomic E-state index is 0.00488. The number of nitrogens with zero attached hydrogens (tertiary/aromatic N) is 1. The third kappa shape index (κ3) is 4.54. The van der Waals surface area contributed by atoms with Gasteiger partial charge in [-0.2, -0.15) is 0 Å². The van der Waals surface area contributed by atoms with Gasteiger partial charge in [-0.25, -0.2) is 0 Å². The maximum atomic E-state index is 13.8. The highest BCUT2D eigenvalue weighted by Gasteiger charge is 2.23. The summed E-state index contributed by atoms with van der Waals surface area (Å²) in [6, 6.07) is 21.6. The Bertz CT molecular complexity index is 1420. The number of hydrogen-bond donors (Lipinski definition) is 1. The van der Waals surface area contributed by atoms with Crippen molar-refractivity contribution in [2.75, 3.05) is 4.90 Å². The van der Waals surface area contributed by atoms with E-state index in [1.165, 1.54) is 5.56 Å². The molecule has 0 fully saturated rings. The number of aromatic amines is 1. The van der Waals surface area contributed by atoms with Gasteiger partial charge in [0.25, 0.3) is 11.5 Å². The Hall–Kier alpha value is -3.66. The van der Waals surface area contributed by atoms with Crippen LogP contribution in [0.2, 0.25) is 0 Å². The molecule has 0 aliphatic heterocycles. The van der Waals surface area contributed by atoms with Gasteiger partial charge in [0.1, 0.15) is 0 Å². The number of aromatic nitrogens is 1. The van der Waals surface area contributed by atoms with Crippen LogP contribution in [-0.2, 0) is 12.0 Å². The lowest BCUT2D eigenvalue weighted by atomic mass is 9.86. The molecule has 1 N–H and O–H groups in total. The van der Waals surface area contributed by atoms with Crippen LogP contribution in [-0.4, -0.2) is 10.9 Å². The standard InChI is InChI=1S/C30H32N2O2/c1-19-9-8-12-26(21(19)3)32(29(34)22-13-15-25(16-14-22)30(4,5)6)18-24-17-23-11-7-10-20(2)27(23)31-28(24)33/h7-17H,18H2,1-6H3,(H,31,33). The van der Waals surface area contributed by atoms with Crippen LogP contribution in [0.5, 0.6) is 0 Å². The Labute approximate surface area is 201 Å². The Kier molecular flexibility index (Phi) is 6.18. The molecule has 4 rings (SSSR count). The number of fused-ring (bicyclic) bond motifs is 1. The number of anilines is 1. The van der Waals surface area contributed by atoms with E-state index >= 15 is 0 Å². The van der Waals surface area contributed by atoms with Crippen LogP contribution in [0.15, 0.2) is 71.5 Å². The van der Waals surface area contributed by atoms with Crippen LogP contribution in [0.1, 0.15) is 58.9 Å². The fourth-order valence-corrected chi connectivity index (χ4v) is 4.28. The smallest absolute Gasteiger partial charge is 0.258 e. The summed E-state index contributed by atoms with van der Waals surface area (Å²) in [6.07, 6.45) is 0. The van der Waals surface area contributed by atoms with Crippen molar-refractivity contribution in [1.29, 1.82) is 0 Å². The molecule has 1 heterocycles. The van der Waals surface area contributed by atoms with Crippen molar-refractivity contribution in [3.05, 3.63) is 110 Å². The average Bonchev–Trinajstić information content (AvgIpc) is 2.79. The quantitative estimate of drug-likeness (QED) is 0.379. The number of amides is 1. The first-order chi connectivity index (χ1) is 16.1. The summed E-state index contributed by atoms with van der Waals surface area (Å²) >= 11 is 0. The van der Waals surface area contributed by atoms with Crippen LogP contribution in [0, 0.1) is 20.8 Å². The second-order valence-electron chi connectivity index (χ2n) is 10.1. The van der Waals surface area contributed by atoms with Gasteiger partial charge in [0.2, 0.25) is 0 Å². The number of aryl methyl sites for hydroxylation is 2. The summed E-state index contributed by atoms with van der Waals surface area (Å²) in [5.41, 5.74) is 6.94. The summed E-state index contributed by atoms with van der Waals surface area (Å²) in [5.74, 6) is -0.127. The van der Waals surface area contributed by atoms with Gasteiger partial charge in [0, 0.05) is 16.8 Å². The molecule has 4 nitrogen and oxygen atoms in total. The summed E-state index contributed by atoms with van der Waals surface area (Å²) in [6.45, 7) is 12.7. The first kappa shape index (κ1) is 23.5. The van der Waals surface area contributed by atoms with E-state index in [1.807, 2.05) is 87.5 Å². The molecule has 0 bridgehead atoms. The summed E-state index contributed by atoms with van der Waals surface area (Å²) in [4.78, 5) is 31.6. The van der Waals surface area contributed by atoms with E-state index < -0.39 is 0 Å². The molecule has 174 valence electrons. The molecule has 1 aromatic heterocycles. The molecular formula is C30H32N2O2. The van der Waals surface area contributed by atoms with E-state index in [0.717, 1.165) is 33.3 Å². The molecule has 0 unspecified atom stereocenters. The zero-order valence-corrected chi connectivity index (χ0v) is 20.8. The van der Waals surface area contributed by atoms with E-state index in [-0.39, 0.29) is 23.4 Å². The number of rotatable bonds is 4. The Morgan fingerprint density at radius 1 is 0.882 bits per heavy atom. The summed E-state index contributed by atoms with van der Waals surface area (Å²) in [5, 5.41) is 0.956. The molecule has 34 heavy (non-hydrogen) atoms. The lowest BCUT2D eigenvalue weighted by Crippen LogP contribution is -2.33. The predicted octanol–water partition coefficient (Wildman–Crippen LogP) is 6.60. The summed E-state index contributed by atoms with van der Waals surface area (Å²) < 4.78 is 0. The Balaban J connectivity index is 1.80. The van der Waals surface area contributed by atoms with Crippen molar-refractivity contribution in [2.24, 2.45) is 0 Å². The number of pyridine rings is 1. The third-order valence-corrected chi connectivity index (χ3v) is 6.60.